The molecule has 0 aliphatic heterocycles. The van der Waals surface area contributed by atoms with Gasteiger partial charge in [0.25, 0.3) is 0 Å². The molecule has 96 valence electrons. The van der Waals surface area contributed by atoms with Crippen molar-refractivity contribution in [1.29, 1.82) is 0 Å². The minimum absolute atomic E-state index is 0. The van der Waals surface area contributed by atoms with E-state index in [1.165, 1.54) is 10.6 Å². The highest BCUT2D eigenvalue weighted by atomic mass is 35.5. The summed E-state index contributed by atoms with van der Waals surface area (Å²) in [5.41, 5.74) is 0. The molecule has 0 bridgehead atoms. The maximum atomic E-state index is 5.82. The van der Waals surface area contributed by atoms with Crippen LogP contribution in [0.3, 0.4) is 0 Å². The Morgan fingerprint density at radius 1 is 0.889 bits per heavy atom. The Morgan fingerprint density at radius 3 is 2.17 bits per heavy atom. The number of halogens is 1. The zero-order chi connectivity index (χ0) is 12.1. The molecule has 1 unspecified atom stereocenters. The summed E-state index contributed by atoms with van der Waals surface area (Å²) in [5, 5.41) is 2.61. The molecule has 0 aliphatic carbocycles. The fourth-order valence-electron chi connectivity index (χ4n) is 1.60. The van der Waals surface area contributed by atoms with Crippen LogP contribution >= 0.6 is 21.0 Å². The van der Waals surface area contributed by atoms with Crippen molar-refractivity contribution >= 4 is 31.6 Å². The van der Waals surface area contributed by atoms with Crippen molar-refractivity contribution in [2.75, 3.05) is 0 Å². The van der Waals surface area contributed by atoms with E-state index in [1.54, 1.807) is 0 Å². The van der Waals surface area contributed by atoms with E-state index >= 15 is 0 Å². The first-order chi connectivity index (χ1) is 8.25. The first-order valence-electron chi connectivity index (χ1n) is 5.83. The standard InChI is InChI=1S/C15H17OP.ClH/c1-12(2)16-14-10-6-7-11-15(14)17-13-8-4-3-5-9-13;/h3-12,17H,1-2H3;1H. The highest BCUT2D eigenvalue weighted by Crippen LogP contribution is 2.19. The second kappa shape index (κ2) is 7.41. The Morgan fingerprint density at radius 2 is 1.50 bits per heavy atom. The van der Waals surface area contributed by atoms with Gasteiger partial charge >= 0.3 is 0 Å². The zero-order valence-electron chi connectivity index (χ0n) is 10.6. The van der Waals surface area contributed by atoms with E-state index in [0.29, 0.717) is 8.58 Å². The molecule has 0 aromatic heterocycles. The van der Waals surface area contributed by atoms with Crippen LogP contribution in [0.15, 0.2) is 54.6 Å². The van der Waals surface area contributed by atoms with Crippen LogP contribution in [0.2, 0.25) is 0 Å². The molecule has 1 nitrogen and oxygen atoms in total. The van der Waals surface area contributed by atoms with Gasteiger partial charge in [-0.15, -0.1) is 12.4 Å². The summed E-state index contributed by atoms with van der Waals surface area (Å²) in [6.45, 7) is 4.12. The summed E-state index contributed by atoms with van der Waals surface area (Å²) in [6.07, 6.45) is 0.219. The van der Waals surface area contributed by atoms with Gasteiger partial charge in [0, 0.05) is 5.30 Å². The third-order valence-corrected chi connectivity index (χ3v) is 3.61. The molecule has 0 amide bonds. The normalized spacial score (nSPS) is 10.6. The first-order valence-corrected chi connectivity index (χ1v) is 6.83. The minimum atomic E-state index is 0. The van der Waals surface area contributed by atoms with Gasteiger partial charge in [-0.05, 0) is 25.2 Å². The number of hydrogen-bond donors (Lipinski definition) is 0. The maximum Gasteiger partial charge on any atom is 0.127 e. The molecule has 3 heteroatoms. The van der Waals surface area contributed by atoms with Gasteiger partial charge in [-0.25, -0.2) is 0 Å². The first kappa shape index (κ1) is 15.0. The lowest BCUT2D eigenvalue weighted by atomic mass is 10.3. The van der Waals surface area contributed by atoms with Crippen molar-refractivity contribution in [3.05, 3.63) is 54.6 Å². The maximum absolute atomic E-state index is 5.82. The number of benzene rings is 2. The average molecular weight is 281 g/mol. The Kier molecular flexibility index (Phi) is 6.18. The zero-order valence-corrected chi connectivity index (χ0v) is 12.4. The van der Waals surface area contributed by atoms with Crippen molar-refractivity contribution in [3.63, 3.8) is 0 Å². The van der Waals surface area contributed by atoms with Crippen LogP contribution in [0.4, 0.5) is 0 Å². The molecule has 18 heavy (non-hydrogen) atoms. The van der Waals surface area contributed by atoms with E-state index in [4.69, 9.17) is 4.74 Å². The monoisotopic (exact) mass is 280 g/mol. The van der Waals surface area contributed by atoms with Crippen molar-refractivity contribution in [2.24, 2.45) is 0 Å². The topological polar surface area (TPSA) is 9.23 Å². The SMILES string of the molecule is CC(C)Oc1ccccc1Pc1ccccc1.Cl. The van der Waals surface area contributed by atoms with E-state index in [0.717, 1.165) is 5.75 Å². The van der Waals surface area contributed by atoms with Crippen LogP contribution in [-0.2, 0) is 0 Å². The molecule has 0 N–H and O–H groups in total. The number of rotatable bonds is 4. The molecule has 0 spiro atoms. The van der Waals surface area contributed by atoms with Gasteiger partial charge in [0.2, 0.25) is 0 Å². The largest absolute Gasteiger partial charge is 0.490 e. The second-order valence-corrected chi connectivity index (χ2v) is 5.52. The number of para-hydroxylation sites is 1. The lowest BCUT2D eigenvalue weighted by Crippen LogP contribution is -2.13. The van der Waals surface area contributed by atoms with Gasteiger partial charge in [-0.2, -0.15) is 0 Å². The van der Waals surface area contributed by atoms with Gasteiger partial charge in [-0.3, -0.25) is 0 Å². The van der Waals surface area contributed by atoms with Gasteiger partial charge in [0.05, 0.1) is 6.10 Å². The molecule has 0 aliphatic rings. The van der Waals surface area contributed by atoms with Gasteiger partial charge < -0.3 is 4.74 Å². The third kappa shape index (κ3) is 4.33. The molecule has 0 heterocycles. The Bertz CT molecular complexity index is 471. The summed E-state index contributed by atoms with van der Waals surface area (Å²) in [7, 11) is 0.650. The summed E-state index contributed by atoms with van der Waals surface area (Å²) < 4.78 is 5.82. The molecular formula is C15H18ClOP. The van der Waals surface area contributed by atoms with E-state index in [1.807, 2.05) is 18.2 Å². The summed E-state index contributed by atoms with van der Waals surface area (Å²) in [4.78, 5) is 0. The highest BCUT2D eigenvalue weighted by molar-refractivity contribution is 7.55. The van der Waals surface area contributed by atoms with Crippen molar-refractivity contribution in [3.8, 4) is 5.75 Å². The summed E-state index contributed by atoms with van der Waals surface area (Å²) >= 11 is 0. The van der Waals surface area contributed by atoms with E-state index in [-0.39, 0.29) is 18.5 Å². The van der Waals surface area contributed by atoms with Crippen molar-refractivity contribution in [2.45, 2.75) is 20.0 Å². The predicted molar refractivity (Wildman–Crippen MR) is 83.5 cm³/mol. The molecule has 0 fully saturated rings. The molecule has 2 rings (SSSR count). The van der Waals surface area contributed by atoms with Crippen LogP contribution in [0.5, 0.6) is 5.75 Å². The Labute approximate surface area is 117 Å². The minimum Gasteiger partial charge on any atom is -0.490 e. The van der Waals surface area contributed by atoms with Crippen LogP contribution in [-0.4, -0.2) is 6.10 Å². The van der Waals surface area contributed by atoms with E-state index in [9.17, 15) is 0 Å². The molecule has 0 saturated carbocycles. The number of hydrogen-bond acceptors (Lipinski definition) is 1. The molecule has 2 aromatic carbocycles. The third-order valence-electron chi connectivity index (χ3n) is 2.30. The van der Waals surface area contributed by atoms with E-state index < -0.39 is 0 Å². The average Bonchev–Trinajstić information content (AvgIpc) is 2.32. The Balaban J connectivity index is 0.00000162. The molecule has 0 radical (unpaired) electrons. The predicted octanol–water partition coefficient (Wildman–Crippen LogP) is 3.52. The van der Waals surface area contributed by atoms with Gasteiger partial charge in [-0.1, -0.05) is 57.1 Å². The smallest absolute Gasteiger partial charge is 0.127 e. The van der Waals surface area contributed by atoms with Crippen LogP contribution in [0, 0.1) is 0 Å². The second-order valence-electron chi connectivity index (χ2n) is 4.15. The fraction of sp³-hybridized carbons (Fsp3) is 0.200. The summed E-state index contributed by atoms with van der Waals surface area (Å²) in [6, 6.07) is 18.8. The van der Waals surface area contributed by atoms with Crippen LogP contribution < -0.4 is 15.3 Å². The lowest BCUT2D eigenvalue weighted by molar-refractivity contribution is 0.244. The van der Waals surface area contributed by atoms with Crippen LogP contribution in [0.25, 0.3) is 0 Å². The molecule has 1 atom stereocenters. The molecular weight excluding hydrogens is 263 g/mol. The summed E-state index contributed by atoms with van der Waals surface area (Å²) in [5.74, 6) is 1.00. The lowest BCUT2D eigenvalue weighted by Gasteiger charge is -2.14. The van der Waals surface area contributed by atoms with Gasteiger partial charge in [0.1, 0.15) is 5.75 Å². The molecule has 0 saturated heterocycles. The van der Waals surface area contributed by atoms with Gasteiger partial charge in [0.15, 0.2) is 0 Å². The van der Waals surface area contributed by atoms with Crippen molar-refractivity contribution in [1.82, 2.24) is 0 Å². The highest BCUT2D eigenvalue weighted by Gasteiger charge is 2.05. The fourth-order valence-corrected chi connectivity index (χ4v) is 2.72. The van der Waals surface area contributed by atoms with E-state index in [2.05, 4.69) is 50.2 Å². The van der Waals surface area contributed by atoms with Crippen molar-refractivity contribution < 1.29 is 4.74 Å². The Hall–Kier alpha value is -1.04. The number of ether oxygens (including phenoxy) is 1. The van der Waals surface area contributed by atoms with Crippen LogP contribution in [0.1, 0.15) is 13.8 Å². The molecule has 2 aromatic rings. The quantitative estimate of drug-likeness (QED) is 0.779.